The third kappa shape index (κ3) is 3.63. The lowest BCUT2D eigenvalue weighted by Gasteiger charge is -2.08. The van der Waals surface area contributed by atoms with Gasteiger partial charge in [0.2, 0.25) is 12.6 Å². The van der Waals surface area contributed by atoms with Gasteiger partial charge in [-0.1, -0.05) is 6.07 Å². The van der Waals surface area contributed by atoms with E-state index in [1.807, 2.05) is 0 Å². The van der Waals surface area contributed by atoms with Crippen LogP contribution in [0.3, 0.4) is 0 Å². The van der Waals surface area contributed by atoms with Crippen LogP contribution < -0.4 is 23.1 Å². The number of allylic oxidation sites excluding steroid dienone is 1. The predicted molar refractivity (Wildman–Crippen MR) is 113 cm³/mol. The van der Waals surface area contributed by atoms with E-state index in [2.05, 4.69) is 0 Å². The van der Waals surface area contributed by atoms with Gasteiger partial charge in [0.15, 0.2) is 17.3 Å². The second kappa shape index (κ2) is 7.61. The molecule has 0 unspecified atom stereocenters. The summed E-state index contributed by atoms with van der Waals surface area (Å²) in [6.07, 6.45) is 1.58. The highest BCUT2D eigenvalue weighted by Crippen LogP contribution is 2.37. The summed E-state index contributed by atoms with van der Waals surface area (Å²) in [7, 11) is -2.59. The van der Waals surface area contributed by atoms with Gasteiger partial charge in [-0.25, -0.2) is 0 Å². The topological polar surface area (TPSA) is 97.4 Å². The zero-order valence-electron chi connectivity index (χ0n) is 16.7. The molecule has 8 nitrogen and oxygen atoms in total. The minimum atomic E-state index is -4.07. The predicted octanol–water partition coefficient (Wildman–Crippen LogP) is 3.81. The van der Waals surface area contributed by atoms with E-state index in [1.54, 1.807) is 24.3 Å². The number of carbonyl (C=O) groups excluding carboxylic acids is 1. The van der Waals surface area contributed by atoms with E-state index in [9.17, 15) is 13.2 Å². The minimum absolute atomic E-state index is 0.0247. The van der Waals surface area contributed by atoms with Gasteiger partial charge in [0.25, 0.3) is 0 Å². The lowest BCUT2D eigenvalue weighted by molar-refractivity contribution is 0.101. The number of rotatable bonds is 5. The summed E-state index contributed by atoms with van der Waals surface area (Å²) in [6, 6.07) is 15.3. The molecule has 2 heterocycles. The van der Waals surface area contributed by atoms with E-state index < -0.39 is 10.1 Å². The maximum absolute atomic E-state index is 12.7. The molecule has 9 heteroatoms. The number of ketones is 1. The molecule has 5 rings (SSSR count). The van der Waals surface area contributed by atoms with Crippen LogP contribution >= 0.6 is 0 Å². The van der Waals surface area contributed by atoms with Crippen LogP contribution in [0.1, 0.15) is 15.9 Å². The summed E-state index contributed by atoms with van der Waals surface area (Å²) >= 11 is 0. The SMILES string of the molecule is COc1ccc(S(=O)(=O)Oc2ccc3c(c2)O/C(=C\c2ccc4c(c2)OCO4)C3=O)cc1. The molecule has 0 atom stereocenters. The van der Waals surface area contributed by atoms with Crippen molar-refractivity contribution in [2.24, 2.45) is 0 Å². The zero-order valence-corrected chi connectivity index (χ0v) is 17.5. The molecule has 0 radical (unpaired) electrons. The molecule has 0 aliphatic carbocycles. The smallest absolute Gasteiger partial charge is 0.339 e. The van der Waals surface area contributed by atoms with Crippen molar-refractivity contribution in [1.82, 2.24) is 0 Å². The van der Waals surface area contributed by atoms with Gasteiger partial charge >= 0.3 is 10.1 Å². The Hall–Kier alpha value is -3.98. The summed E-state index contributed by atoms with van der Waals surface area (Å²) in [5.41, 5.74) is 1.01. The van der Waals surface area contributed by atoms with Crippen molar-refractivity contribution in [3.63, 3.8) is 0 Å². The first-order chi connectivity index (χ1) is 15.4. The van der Waals surface area contributed by atoms with E-state index in [0.29, 0.717) is 28.4 Å². The van der Waals surface area contributed by atoms with E-state index in [4.69, 9.17) is 23.1 Å². The maximum Gasteiger partial charge on any atom is 0.339 e. The standard InChI is InChI=1S/C23H16O8S/c1-27-15-3-6-17(7-4-15)32(25,26)31-16-5-8-18-20(12-16)30-22(23(18)24)11-14-2-9-19-21(10-14)29-13-28-19/h2-12H,13H2,1H3/b22-11-. The number of fused-ring (bicyclic) bond motifs is 2. The number of hydrogen-bond donors (Lipinski definition) is 0. The highest BCUT2D eigenvalue weighted by molar-refractivity contribution is 7.87. The van der Waals surface area contributed by atoms with E-state index >= 15 is 0 Å². The van der Waals surface area contributed by atoms with E-state index in [0.717, 1.165) is 0 Å². The van der Waals surface area contributed by atoms with Crippen molar-refractivity contribution in [2.45, 2.75) is 4.90 Å². The fourth-order valence-electron chi connectivity index (χ4n) is 3.29. The number of ether oxygens (including phenoxy) is 4. The Labute approximate surface area is 183 Å². The molecule has 0 N–H and O–H groups in total. The molecule has 162 valence electrons. The molecule has 0 spiro atoms. The molecule has 32 heavy (non-hydrogen) atoms. The van der Waals surface area contributed by atoms with Crippen molar-refractivity contribution < 1.29 is 36.3 Å². The first-order valence-electron chi connectivity index (χ1n) is 9.49. The Balaban J connectivity index is 1.38. The first-order valence-corrected chi connectivity index (χ1v) is 10.9. The Kier molecular flexibility index (Phi) is 4.75. The molecule has 3 aromatic carbocycles. The van der Waals surface area contributed by atoms with Crippen LogP contribution in [0, 0.1) is 0 Å². The largest absolute Gasteiger partial charge is 0.497 e. The summed E-state index contributed by atoms with van der Waals surface area (Å²) < 4.78 is 51.7. The van der Waals surface area contributed by atoms with E-state index in [1.165, 1.54) is 49.6 Å². The lowest BCUT2D eigenvalue weighted by atomic mass is 10.1. The average molecular weight is 452 g/mol. The van der Waals surface area contributed by atoms with Crippen molar-refractivity contribution in [3.05, 3.63) is 77.5 Å². The van der Waals surface area contributed by atoms with Crippen LogP contribution in [0.4, 0.5) is 0 Å². The first kappa shape index (κ1) is 20.0. The molecule has 0 bridgehead atoms. The van der Waals surface area contributed by atoms with Gasteiger partial charge in [0.1, 0.15) is 22.1 Å². The normalized spacial score (nSPS) is 15.4. The third-order valence-corrected chi connectivity index (χ3v) is 6.15. The fourth-order valence-corrected chi connectivity index (χ4v) is 4.21. The van der Waals surface area contributed by atoms with Gasteiger partial charge in [-0.2, -0.15) is 8.42 Å². The van der Waals surface area contributed by atoms with Crippen molar-refractivity contribution in [1.29, 1.82) is 0 Å². The summed E-state index contributed by atoms with van der Waals surface area (Å²) in [6.45, 7) is 0.151. The molecule has 0 saturated heterocycles. The average Bonchev–Trinajstić information content (AvgIpc) is 3.37. The van der Waals surface area contributed by atoms with Crippen LogP contribution in [-0.4, -0.2) is 28.1 Å². The van der Waals surface area contributed by atoms with Gasteiger partial charge in [0.05, 0.1) is 12.7 Å². The van der Waals surface area contributed by atoms with Crippen LogP contribution in [-0.2, 0) is 10.1 Å². The minimum Gasteiger partial charge on any atom is -0.497 e. The van der Waals surface area contributed by atoms with Crippen molar-refractivity contribution in [3.8, 4) is 28.7 Å². The highest BCUT2D eigenvalue weighted by Gasteiger charge is 2.29. The van der Waals surface area contributed by atoms with Gasteiger partial charge < -0.3 is 23.1 Å². The summed E-state index contributed by atoms with van der Waals surface area (Å²) in [5, 5.41) is 0. The lowest BCUT2D eigenvalue weighted by Crippen LogP contribution is -2.09. The number of carbonyl (C=O) groups is 1. The molecular formula is C23H16O8S. The molecule has 3 aromatic rings. The van der Waals surface area contributed by atoms with E-state index in [-0.39, 0.29) is 34.7 Å². The van der Waals surface area contributed by atoms with Crippen LogP contribution in [0.25, 0.3) is 6.08 Å². The quantitative estimate of drug-likeness (QED) is 0.426. The number of hydrogen-bond acceptors (Lipinski definition) is 8. The van der Waals surface area contributed by atoms with Gasteiger partial charge in [0, 0.05) is 6.07 Å². The van der Waals surface area contributed by atoms with Crippen LogP contribution in [0.2, 0.25) is 0 Å². The Morgan fingerprint density at radius 1 is 0.875 bits per heavy atom. The Morgan fingerprint density at radius 2 is 1.62 bits per heavy atom. The van der Waals surface area contributed by atoms with Crippen LogP contribution in [0.5, 0.6) is 28.7 Å². The second-order valence-corrected chi connectivity index (χ2v) is 8.47. The molecule has 0 aromatic heterocycles. The summed E-state index contributed by atoms with van der Waals surface area (Å²) in [4.78, 5) is 12.7. The zero-order chi connectivity index (χ0) is 22.3. The van der Waals surface area contributed by atoms with Crippen LogP contribution in [0.15, 0.2) is 71.3 Å². The molecule has 0 saturated carbocycles. The fraction of sp³-hybridized carbons (Fsp3) is 0.0870. The maximum atomic E-state index is 12.7. The third-order valence-electron chi connectivity index (χ3n) is 4.89. The highest BCUT2D eigenvalue weighted by atomic mass is 32.2. The Morgan fingerprint density at radius 3 is 2.41 bits per heavy atom. The number of methoxy groups -OCH3 is 1. The molecule has 0 fully saturated rings. The van der Waals surface area contributed by atoms with Gasteiger partial charge in [-0.3, -0.25) is 4.79 Å². The Bertz CT molecular complexity index is 1360. The molecule has 2 aliphatic heterocycles. The number of Topliss-reactive ketones (excluding diaryl/α,β-unsaturated/α-hetero) is 1. The van der Waals surface area contributed by atoms with Gasteiger partial charge in [-0.05, 0) is 60.2 Å². The molecule has 2 aliphatic rings. The molecule has 0 amide bonds. The van der Waals surface area contributed by atoms with Crippen molar-refractivity contribution in [2.75, 3.05) is 13.9 Å². The second-order valence-electron chi connectivity index (χ2n) is 6.92. The number of benzene rings is 3. The monoisotopic (exact) mass is 452 g/mol. The van der Waals surface area contributed by atoms with Crippen molar-refractivity contribution >= 4 is 22.0 Å². The summed E-state index contributed by atoms with van der Waals surface area (Å²) in [5.74, 6) is 1.77. The molecular weight excluding hydrogens is 436 g/mol. The van der Waals surface area contributed by atoms with Gasteiger partial charge in [-0.15, -0.1) is 0 Å².